The molecule has 1 saturated heterocycles. The maximum absolute atomic E-state index is 14.2. The van der Waals surface area contributed by atoms with Gasteiger partial charge in [0.2, 0.25) is 5.91 Å². The van der Waals surface area contributed by atoms with Gasteiger partial charge in [-0.2, -0.15) is 0 Å². The van der Waals surface area contributed by atoms with Crippen LogP contribution in [0.5, 0.6) is 0 Å². The fourth-order valence-corrected chi connectivity index (χ4v) is 3.04. The van der Waals surface area contributed by atoms with Crippen LogP contribution >= 0.6 is 0 Å². The van der Waals surface area contributed by atoms with Crippen LogP contribution in [0.15, 0.2) is 36.7 Å². The Balaban J connectivity index is 1.71. The van der Waals surface area contributed by atoms with E-state index in [1.54, 1.807) is 18.2 Å². The van der Waals surface area contributed by atoms with Crippen LogP contribution < -0.4 is 10.6 Å². The number of aromatic nitrogens is 2. The van der Waals surface area contributed by atoms with Gasteiger partial charge in [-0.15, -0.1) is 0 Å². The average molecular weight is 342 g/mol. The minimum Gasteiger partial charge on any atom is -0.348 e. The van der Waals surface area contributed by atoms with Gasteiger partial charge in [0.05, 0.1) is 6.04 Å². The SMILES string of the molecule is CC(C)c1ncc(CN[C@@H]2CCC(=O)N[C@H]2c2ccccc2F)cn1. The monoisotopic (exact) mass is 342 g/mol. The zero-order valence-corrected chi connectivity index (χ0v) is 14.5. The second kappa shape index (κ2) is 7.70. The highest BCUT2D eigenvalue weighted by atomic mass is 19.1. The molecule has 1 aliphatic heterocycles. The quantitative estimate of drug-likeness (QED) is 0.877. The maximum atomic E-state index is 14.2. The highest BCUT2D eigenvalue weighted by Gasteiger charge is 2.31. The minimum atomic E-state index is -0.377. The van der Waals surface area contributed by atoms with Crippen molar-refractivity contribution in [2.45, 2.75) is 51.2 Å². The first-order chi connectivity index (χ1) is 12.0. The molecule has 0 unspecified atom stereocenters. The number of hydrogen-bond donors (Lipinski definition) is 2. The maximum Gasteiger partial charge on any atom is 0.220 e. The van der Waals surface area contributed by atoms with Gasteiger partial charge in [-0.1, -0.05) is 32.0 Å². The Labute approximate surface area is 147 Å². The van der Waals surface area contributed by atoms with Crippen molar-refractivity contribution in [3.63, 3.8) is 0 Å². The van der Waals surface area contributed by atoms with Gasteiger partial charge in [-0.25, -0.2) is 14.4 Å². The lowest BCUT2D eigenvalue weighted by atomic mass is 9.91. The summed E-state index contributed by atoms with van der Waals surface area (Å²) in [5.41, 5.74) is 1.48. The van der Waals surface area contributed by atoms with Gasteiger partial charge in [-0.3, -0.25) is 4.79 Å². The van der Waals surface area contributed by atoms with Crippen molar-refractivity contribution in [3.8, 4) is 0 Å². The Hall–Kier alpha value is -2.34. The fraction of sp³-hybridized carbons (Fsp3) is 0.421. The van der Waals surface area contributed by atoms with E-state index < -0.39 is 0 Å². The lowest BCUT2D eigenvalue weighted by Crippen LogP contribution is -2.48. The third-order valence-corrected chi connectivity index (χ3v) is 4.45. The predicted molar refractivity (Wildman–Crippen MR) is 93.3 cm³/mol. The molecule has 1 aromatic heterocycles. The van der Waals surface area contributed by atoms with Gasteiger partial charge >= 0.3 is 0 Å². The molecule has 0 radical (unpaired) electrons. The molecule has 1 aliphatic rings. The van der Waals surface area contributed by atoms with Crippen LogP contribution in [0, 0.1) is 5.82 Å². The van der Waals surface area contributed by atoms with Crippen molar-refractivity contribution >= 4 is 5.91 Å². The zero-order valence-electron chi connectivity index (χ0n) is 14.5. The van der Waals surface area contributed by atoms with Gasteiger partial charge in [0, 0.05) is 48.4 Å². The number of rotatable bonds is 5. The van der Waals surface area contributed by atoms with Gasteiger partial charge in [0.1, 0.15) is 11.6 Å². The summed E-state index contributed by atoms with van der Waals surface area (Å²) in [6.07, 6.45) is 4.73. The molecule has 6 heteroatoms. The molecular formula is C19H23FN4O. The molecule has 2 N–H and O–H groups in total. The van der Waals surface area contributed by atoms with Crippen LogP contribution in [0.1, 0.15) is 55.6 Å². The summed E-state index contributed by atoms with van der Waals surface area (Å²) < 4.78 is 14.2. The van der Waals surface area contributed by atoms with E-state index in [9.17, 15) is 9.18 Å². The third kappa shape index (κ3) is 4.20. The average Bonchev–Trinajstić information content (AvgIpc) is 2.61. The molecule has 132 valence electrons. The highest BCUT2D eigenvalue weighted by Crippen LogP contribution is 2.26. The molecule has 0 saturated carbocycles. The summed E-state index contributed by atoms with van der Waals surface area (Å²) in [5, 5.41) is 6.33. The van der Waals surface area contributed by atoms with Gasteiger partial charge < -0.3 is 10.6 Å². The van der Waals surface area contributed by atoms with E-state index >= 15 is 0 Å². The van der Waals surface area contributed by atoms with Gasteiger partial charge in [-0.05, 0) is 12.5 Å². The van der Waals surface area contributed by atoms with Crippen molar-refractivity contribution in [2.75, 3.05) is 0 Å². The van der Waals surface area contributed by atoms with E-state index in [2.05, 4.69) is 34.4 Å². The first-order valence-corrected chi connectivity index (χ1v) is 8.62. The third-order valence-electron chi connectivity index (χ3n) is 4.45. The smallest absolute Gasteiger partial charge is 0.220 e. The van der Waals surface area contributed by atoms with Crippen molar-refractivity contribution in [2.24, 2.45) is 0 Å². The number of carbonyl (C=O) groups excluding carboxylic acids is 1. The molecule has 25 heavy (non-hydrogen) atoms. The summed E-state index contributed by atoms with van der Waals surface area (Å²) in [7, 11) is 0. The molecular weight excluding hydrogens is 319 g/mol. The Morgan fingerprint density at radius 2 is 2.00 bits per heavy atom. The first-order valence-electron chi connectivity index (χ1n) is 8.62. The van der Waals surface area contributed by atoms with E-state index in [1.165, 1.54) is 6.07 Å². The lowest BCUT2D eigenvalue weighted by Gasteiger charge is -2.33. The van der Waals surface area contributed by atoms with E-state index in [0.717, 1.165) is 11.4 Å². The second-order valence-corrected chi connectivity index (χ2v) is 6.70. The summed E-state index contributed by atoms with van der Waals surface area (Å²) in [5.74, 6) is 0.765. The molecule has 2 aromatic rings. The summed E-state index contributed by atoms with van der Waals surface area (Å²) in [4.78, 5) is 20.5. The Morgan fingerprint density at radius 1 is 1.28 bits per heavy atom. The van der Waals surface area contributed by atoms with E-state index in [0.29, 0.717) is 30.9 Å². The Bertz CT molecular complexity index is 732. The largest absolute Gasteiger partial charge is 0.348 e. The van der Waals surface area contributed by atoms with Gasteiger partial charge in [0.15, 0.2) is 0 Å². The molecule has 1 aromatic carbocycles. The first kappa shape index (κ1) is 17.5. The molecule has 1 amide bonds. The highest BCUT2D eigenvalue weighted by molar-refractivity contribution is 5.77. The zero-order chi connectivity index (χ0) is 17.8. The van der Waals surface area contributed by atoms with Crippen molar-refractivity contribution in [1.29, 1.82) is 0 Å². The van der Waals surface area contributed by atoms with Crippen LogP contribution in [0.25, 0.3) is 0 Å². The molecule has 2 atom stereocenters. The van der Waals surface area contributed by atoms with Crippen LogP contribution in [0.2, 0.25) is 0 Å². The normalized spacial score (nSPS) is 20.6. The molecule has 1 fully saturated rings. The number of nitrogens with zero attached hydrogens (tertiary/aromatic N) is 2. The van der Waals surface area contributed by atoms with Crippen molar-refractivity contribution < 1.29 is 9.18 Å². The fourth-order valence-electron chi connectivity index (χ4n) is 3.04. The Morgan fingerprint density at radius 3 is 2.68 bits per heavy atom. The molecule has 5 nitrogen and oxygen atoms in total. The number of carbonyl (C=O) groups is 1. The second-order valence-electron chi connectivity index (χ2n) is 6.70. The molecule has 0 spiro atoms. The van der Waals surface area contributed by atoms with Crippen molar-refractivity contribution in [3.05, 3.63) is 59.4 Å². The molecule has 0 bridgehead atoms. The number of piperidine rings is 1. The minimum absolute atomic E-state index is 0.0422. The lowest BCUT2D eigenvalue weighted by molar-refractivity contribution is -0.123. The van der Waals surface area contributed by atoms with Gasteiger partial charge in [0.25, 0.3) is 0 Å². The summed E-state index contributed by atoms with van der Waals surface area (Å²) in [6, 6.07) is 6.17. The standard InChI is InChI=1S/C19H23FN4O/c1-12(2)19-22-10-13(11-23-19)9-21-16-7-8-17(25)24-18(16)14-5-3-4-6-15(14)20/h3-6,10-12,16,18,21H,7-9H2,1-2H3,(H,24,25)/t16-,18+/m1/s1. The van der Waals surface area contributed by atoms with Crippen LogP contribution in [0.4, 0.5) is 4.39 Å². The van der Waals surface area contributed by atoms with Crippen LogP contribution in [-0.2, 0) is 11.3 Å². The number of benzene rings is 1. The Kier molecular flexibility index (Phi) is 5.38. The molecule has 3 rings (SSSR count). The van der Waals surface area contributed by atoms with E-state index in [1.807, 2.05) is 12.4 Å². The number of amides is 1. The number of hydrogen-bond acceptors (Lipinski definition) is 4. The summed E-state index contributed by atoms with van der Waals surface area (Å²) in [6.45, 7) is 4.68. The molecule has 2 heterocycles. The van der Waals surface area contributed by atoms with Crippen LogP contribution in [0.3, 0.4) is 0 Å². The van der Waals surface area contributed by atoms with Crippen molar-refractivity contribution in [1.82, 2.24) is 20.6 Å². The van der Waals surface area contributed by atoms with Crippen LogP contribution in [-0.4, -0.2) is 21.9 Å². The number of nitrogens with one attached hydrogen (secondary N) is 2. The molecule has 0 aliphatic carbocycles. The van der Waals surface area contributed by atoms with E-state index in [4.69, 9.17) is 0 Å². The topological polar surface area (TPSA) is 66.9 Å². The summed E-state index contributed by atoms with van der Waals surface area (Å²) >= 11 is 0. The predicted octanol–water partition coefficient (Wildman–Crippen LogP) is 2.85. The van der Waals surface area contributed by atoms with E-state index in [-0.39, 0.29) is 23.8 Å². The number of halogens is 1.